The zero-order valence-corrected chi connectivity index (χ0v) is 13.0. The molecule has 0 amide bonds. The molecule has 0 heterocycles. The number of hydrogen-bond donors (Lipinski definition) is 1. The van der Waals surface area contributed by atoms with Crippen molar-refractivity contribution in [2.24, 2.45) is 11.7 Å². The molecule has 1 rings (SSSR count). The van der Waals surface area contributed by atoms with Gasteiger partial charge in [0.05, 0.1) is 0 Å². The molecule has 0 aliphatic heterocycles. The van der Waals surface area contributed by atoms with Crippen LogP contribution in [0.3, 0.4) is 0 Å². The first-order valence-electron chi connectivity index (χ1n) is 7.54. The molecule has 0 saturated heterocycles. The van der Waals surface area contributed by atoms with Crippen molar-refractivity contribution in [2.75, 3.05) is 20.1 Å². The van der Waals surface area contributed by atoms with Gasteiger partial charge in [-0.3, -0.25) is 0 Å². The monoisotopic (exact) mass is 262 g/mol. The van der Waals surface area contributed by atoms with Gasteiger partial charge in [-0.2, -0.15) is 0 Å². The molecule has 0 aliphatic rings. The Morgan fingerprint density at radius 3 is 2.32 bits per heavy atom. The van der Waals surface area contributed by atoms with Crippen molar-refractivity contribution in [3.8, 4) is 0 Å². The van der Waals surface area contributed by atoms with Crippen LogP contribution in [0.5, 0.6) is 0 Å². The number of benzene rings is 1. The van der Waals surface area contributed by atoms with E-state index in [1.54, 1.807) is 0 Å². The molecule has 2 nitrogen and oxygen atoms in total. The van der Waals surface area contributed by atoms with Crippen molar-refractivity contribution in [1.29, 1.82) is 0 Å². The maximum Gasteiger partial charge on any atom is 0.0230 e. The first-order chi connectivity index (χ1) is 9.06. The van der Waals surface area contributed by atoms with Crippen LogP contribution in [0.25, 0.3) is 0 Å². The number of nitrogens with two attached hydrogens (primary N) is 1. The topological polar surface area (TPSA) is 29.3 Å². The quantitative estimate of drug-likeness (QED) is 0.775. The summed E-state index contributed by atoms with van der Waals surface area (Å²) in [7, 11) is 2.19. The zero-order valence-electron chi connectivity index (χ0n) is 13.0. The van der Waals surface area contributed by atoms with Crippen molar-refractivity contribution in [1.82, 2.24) is 4.90 Å². The number of rotatable bonds is 8. The van der Waals surface area contributed by atoms with E-state index in [0.717, 1.165) is 26.1 Å². The van der Waals surface area contributed by atoms with E-state index in [-0.39, 0.29) is 0 Å². The van der Waals surface area contributed by atoms with Crippen molar-refractivity contribution in [3.63, 3.8) is 0 Å². The lowest BCUT2D eigenvalue weighted by Crippen LogP contribution is -2.25. The average Bonchev–Trinajstić information content (AvgIpc) is 2.38. The molecule has 1 aromatic rings. The van der Waals surface area contributed by atoms with E-state index in [9.17, 15) is 0 Å². The minimum absolute atomic E-state index is 0.663. The first-order valence-corrected chi connectivity index (χ1v) is 7.54. The normalized spacial score (nSPS) is 14.6. The van der Waals surface area contributed by atoms with Crippen LogP contribution in [0.2, 0.25) is 0 Å². The van der Waals surface area contributed by atoms with Crippen molar-refractivity contribution in [2.45, 2.75) is 46.1 Å². The van der Waals surface area contributed by atoms with Gasteiger partial charge in [0.15, 0.2) is 0 Å². The van der Waals surface area contributed by atoms with Gasteiger partial charge in [-0.1, -0.05) is 45.0 Å². The summed E-state index contributed by atoms with van der Waals surface area (Å²) in [5, 5.41) is 0. The van der Waals surface area contributed by atoms with Crippen LogP contribution in [-0.4, -0.2) is 25.0 Å². The lowest BCUT2D eigenvalue weighted by molar-refractivity contribution is 0.273. The van der Waals surface area contributed by atoms with E-state index in [4.69, 9.17) is 5.73 Å². The molecule has 0 bridgehead atoms. The molecule has 2 heteroatoms. The van der Waals surface area contributed by atoms with E-state index in [0.29, 0.717) is 11.8 Å². The Bertz CT molecular complexity index is 345. The molecule has 19 heavy (non-hydrogen) atoms. The van der Waals surface area contributed by atoms with Crippen LogP contribution in [0.1, 0.15) is 50.7 Å². The predicted molar refractivity (Wildman–Crippen MR) is 84.3 cm³/mol. The molecule has 0 saturated carbocycles. The molecule has 0 aromatic heterocycles. The van der Waals surface area contributed by atoms with Gasteiger partial charge in [0.25, 0.3) is 0 Å². The fraction of sp³-hybridized carbons (Fsp3) is 0.647. The summed E-state index contributed by atoms with van der Waals surface area (Å²) >= 11 is 0. The Morgan fingerprint density at radius 1 is 1.16 bits per heavy atom. The summed E-state index contributed by atoms with van der Waals surface area (Å²) in [4.78, 5) is 2.39. The maximum atomic E-state index is 5.60. The fourth-order valence-corrected chi connectivity index (χ4v) is 2.47. The Morgan fingerprint density at radius 2 is 1.79 bits per heavy atom. The van der Waals surface area contributed by atoms with Crippen molar-refractivity contribution >= 4 is 0 Å². The summed E-state index contributed by atoms with van der Waals surface area (Å²) in [6.07, 6.45) is 2.31. The maximum absolute atomic E-state index is 5.60. The second-order valence-corrected chi connectivity index (χ2v) is 5.93. The van der Waals surface area contributed by atoms with Gasteiger partial charge in [0.2, 0.25) is 0 Å². The third kappa shape index (κ3) is 5.75. The third-order valence-electron chi connectivity index (χ3n) is 3.90. The Hall–Kier alpha value is -0.860. The van der Waals surface area contributed by atoms with E-state index in [2.05, 4.69) is 57.0 Å². The fourth-order valence-electron chi connectivity index (χ4n) is 2.47. The molecule has 1 aromatic carbocycles. The molecular formula is C17H30N2. The largest absolute Gasteiger partial charge is 0.330 e. The van der Waals surface area contributed by atoms with Gasteiger partial charge in [-0.05, 0) is 49.4 Å². The molecular weight excluding hydrogens is 232 g/mol. The van der Waals surface area contributed by atoms with Gasteiger partial charge in [0, 0.05) is 13.1 Å². The van der Waals surface area contributed by atoms with Crippen molar-refractivity contribution in [3.05, 3.63) is 35.4 Å². The highest BCUT2D eigenvalue weighted by atomic mass is 15.1. The number of nitrogens with zero attached hydrogens (tertiary/aromatic N) is 1. The van der Waals surface area contributed by atoms with Gasteiger partial charge in [-0.15, -0.1) is 0 Å². The standard InChI is InChI=1S/C17H30N2/c1-5-15(3)17-8-6-16(7-9-17)13-19(4)12-14(2)10-11-18/h6-9,14-15H,5,10-13,18H2,1-4H3. The zero-order chi connectivity index (χ0) is 14.3. The summed E-state index contributed by atoms with van der Waals surface area (Å²) in [6, 6.07) is 9.10. The van der Waals surface area contributed by atoms with Gasteiger partial charge in [-0.25, -0.2) is 0 Å². The highest BCUT2D eigenvalue weighted by molar-refractivity contribution is 5.24. The molecule has 108 valence electrons. The Kier molecular flexibility index (Phi) is 7.11. The summed E-state index contributed by atoms with van der Waals surface area (Å²) in [5.74, 6) is 1.34. The number of hydrogen-bond acceptors (Lipinski definition) is 2. The van der Waals surface area contributed by atoms with Crippen LogP contribution >= 0.6 is 0 Å². The molecule has 0 radical (unpaired) electrons. The van der Waals surface area contributed by atoms with E-state index in [1.807, 2.05) is 0 Å². The molecule has 2 N–H and O–H groups in total. The van der Waals surface area contributed by atoms with Crippen LogP contribution in [0.15, 0.2) is 24.3 Å². The van der Waals surface area contributed by atoms with Crippen LogP contribution < -0.4 is 5.73 Å². The Balaban J connectivity index is 2.48. The summed E-state index contributed by atoms with van der Waals surface area (Å²) < 4.78 is 0. The lowest BCUT2D eigenvalue weighted by Gasteiger charge is -2.21. The Labute approximate surface area is 119 Å². The summed E-state index contributed by atoms with van der Waals surface area (Å²) in [6.45, 7) is 9.73. The van der Waals surface area contributed by atoms with Gasteiger partial charge in [0.1, 0.15) is 0 Å². The first kappa shape index (κ1) is 16.2. The van der Waals surface area contributed by atoms with E-state index >= 15 is 0 Å². The van der Waals surface area contributed by atoms with E-state index in [1.165, 1.54) is 17.5 Å². The van der Waals surface area contributed by atoms with Gasteiger partial charge >= 0.3 is 0 Å². The van der Waals surface area contributed by atoms with Crippen molar-refractivity contribution < 1.29 is 0 Å². The molecule has 2 atom stereocenters. The van der Waals surface area contributed by atoms with Gasteiger partial charge < -0.3 is 10.6 Å². The molecule has 0 fully saturated rings. The predicted octanol–water partition coefficient (Wildman–Crippen LogP) is 3.62. The molecule has 0 spiro atoms. The molecule has 2 unspecified atom stereocenters. The minimum Gasteiger partial charge on any atom is -0.330 e. The van der Waals surface area contributed by atoms with Crippen LogP contribution in [0, 0.1) is 5.92 Å². The minimum atomic E-state index is 0.663. The second kappa shape index (κ2) is 8.34. The second-order valence-electron chi connectivity index (χ2n) is 5.93. The smallest absolute Gasteiger partial charge is 0.0230 e. The van der Waals surface area contributed by atoms with Crippen LogP contribution in [-0.2, 0) is 6.54 Å². The molecule has 0 aliphatic carbocycles. The third-order valence-corrected chi connectivity index (χ3v) is 3.90. The average molecular weight is 262 g/mol. The van der Waals surface area contributed by atoms with Crippen LogP contribution in [0.4, 0.5) is 0 Å². The SMILES string of the molecule is CCC(C)c1ccc(CN(C)CC(C)CCN)cc1. The highest BCUT2D eigenvalue weighted by Gasteiger charge is 2.07. The van der Waals surface area contributed by atoms with E-state index < -0.39 is 0 Å². The lowest BCUT2D eigenvalue weighted by atomic mass is 9.97. The summed E-state index contributed by atoms with van der Waals surface area (Å²) in [5.41, 5.74) is 8.44. The highest BCUT2D eigenvalue weighted by Crippen LogP contribution is 2.19.